The molecule has 1 aromatic rings. The minimum absolute atomic E-state index is 0. The molecule has 0 bridgehead atoms. The van der Waals surface area contributed by atoms with E-state index in [-0.39, 0.29) is 29.7 Å². The molecular weight excluding hydrogens is 270 g/mol. The van der Waals surface area contributed by atoms with Gasteiger partial charge in [0.15, 0.2) is 11.5 Å². The molecule has 1 heterocycles. The molecule has 0 aliphatic carbocycles. The molecule has 0 aromatic heterocycles. The lowest BCUT2D eigenvalue weighted by atomic mass is 10.1. The molecule has 6 heteroatoms. The fourth-order valence-electron chi connectivity index (χ4n) is 2.08. The Hall–Kier alpha value is -1.30. The largest absolute Gasteiger partial charge is 1.00 e. The van der Waals surface area contributed by atoms with Crippen LogP contribution < -0.4 is 12.4 Å². The molecule has 1 saturated heterocycles. The van der Waals surface area contributed by atoms with Gasteiger partial charge in [-0.15, -0.1) is 0 Å². The van der Waals surface area contributed by atoms with Crippen LogP contribution in [0, 0.1) is 0 Å². The zero-order valence-corrected chi connectivity index (χ0v) is 11.6. The Kier molecular flexibility index (Phi) is 5.17. The van der Waals surface area contributed by atoms with Crippen molar-refractivity contribution in [3.63, 3.8) is 0 Å². The summed E-state index contributed by atoms with van der Waals surface area (Å²) in [7, 11) is 2.03. The average Bonchev–Trinajstić information content (AvgIpc) is 2.33. The second kappa shape index (κ2) is 6.23. The number of benzene rings is 1. The van der Waals surface area contributed by atoms with Crippen molar-refractivity contribution in [1.82, 2.24) is 0 Å². The molecule has 0 saturated carbocycles. The van der Waals surface area contributed by atoms with Gasteiger partial charge in [0, 0.05) is 5.56 Å². The van der Waals surface area contributed by atoms with Crippen molar-refractivity contribution in [3.05, 3.63) is 23.8 Å². The average molecular weight is 288 g/mol. The Bertz CT molecular complexity index is 458. The molecular formula is C13H18ClNO4. The maximum Gasteiger partial charge on any atom is 0.217 e. The molecule has 0 radical (unpaired) electrons. The third kappa shape index (κ3) is 3.83. The SMILES string of the molecule is C[N+]1(CC(=O)c2ccc(O)c(O)c2)CCOCC1.[Cl-]. The van der Waals surface area contributed by atoms with Gasteiger partial charge in [0.2, 0.25) is 5.78 Å². The van der Waals surface area contributed by atoms with Crippen LogP contribution in [0.4, 0.5) is 0 Å². The van der Waals surface area contributed by atoms with E-state index in [9.17, 15) is 15.0 Å². The first-order chi connectivity index (χ1) is 8.50. The van der Waals surface area contributed by atoms with Crippen molar-refractivity contribution in [3.8, 4) is 11.5 Å². The molecule has 1 aromatic carbocycles. The van der Waals surface area contributed by atoms with E-state index in [1.165, 1.54) is 18.2 Å². The first-order valence-electron chi connectivity index (χ1n) is 5.97. The predicted octanol–water partition coefficient (Wildman–Crippen LogP) is -2.24. The summed E-state index contributed by atoms with van der Waals surface area (Å²) in [5.41, 5.74) is 0.427. The number of carbonyl (C=O) groups is 1. The number of hydrogen-bond acceptors (Lipinski definition) is 4. The van der Waals surface area contributed by atoms with Gasteiger partial charge in [-0.25, -0.2) is 0 Å². The highest BCUT2D eigenvalue weighted by atomic mass is 35.5. The molecule has 0 amide bonds. The monoisotopic (exact) mass is 287 g/mol. The molecule has 5 nitrogen and oxygen atoms in total. The minimum Gasteiger partial charge on any atom is -1.00 e. The van der Waals surface area contributed by atoms with Crippen LogP contribution in [0.1, 0.15) is 10.4 Å². The van der Waals surface area contributed by atoms with Gasteiger partial charge in [-0.1, -0.05) is 0 Å². The molecule has 1 aliphatic heterocycles. The second-order valence-electron chi connectivity index (χ2n) is 4.96. The summed E-state index contributed by atoms with van der Waals surface area (Å²) in [5.74, 6) is -0.501. The van der Waals surface area contributed by atoms with Crippen molar-refractivity contribution < 1.29 is 36.6 Å². The number of quaternary nitrogens is 1. The Morgan fingerprint density at radius 1 is 1.26 bits per heavy atom. The van der Waals surface area contributed by atoms with Crippen LogP contribution in [-0.4, -0.2) is 60.4 Å². The number of aromatic hydroxyl groups is 2. The fraction of sp³-hybridized carbons (Fsp3) is 0.462. The lowest BCUT2D eigenvalue weighted by molar-refractivity contribution is -0.908. The zero-order chi connectivity index (χ0) is 13.2. The van der Waals surface area contributed by atoms with Crippen LogP contribution >= 0.6 is 0 Å². The van der Waals surface area contributed by atoms with Gasteiger partial charge in [0.05, 0.1) is 20.3 Å². The lowest BCUT2D eigenvalue weighted by Gasteiger charge is -2.36. The van der Waals surface area contributed by atoms with E-state index in [4.69, 9.17) is 4.74 Å². The van der Waals surface area contributed by atoms with E-state index >= 15 is 0 Å². The second-order valence-corrected chi connectivity index (χ2v) is 4.96. The van der Waals surface area contributed by atoms with E-state index in [1.807, 2.05) is 7.05 Å². The summed E-state index contributed by atoms with van der Waals surface area (Å²) in [5, 5.41) is 18.6. The highest BCUT2D eigenvalue weighted by Gasteiger charge is 2.28. The number of rotatable bonds is 3. The van der Waals surface area contributed by atoms with Crippen LogP contribution in [-0.2, 0) is 4.74 Å². The topological polar surface area (TPSA) is 66.8 Å². The van der Waals surface area contributed by atoms with E-state index < -0.39 is 0 Å². The molecule has 19 heavy (non-hydrogen) atoms. The lowest BCUT2D eigenvalue weighted by Crippen LogP contribution is -3.00. The van der Waals surface area contributed by atoms with Crippen molar-refractivity contribution in [1.29, 1.82) is 0 Å². The van der Waals surface area contributed by atoms with Crippen LogP contribution in [0.2, 0.25) is 0 Å². The summed E-state index contributed by atoms with van der Waals surface area (Å²) >= 11 is 0. The number of halogens is 1. The van der Waals surface area contributed by atoms with Gasteiger partial charge in [-0.05, 0) is 18.2 Å². The number of nitrogens with zero attached hydrogens (tertiary/aromatic N) is 1. The van der Waals surface area contributed by atoms with Crippen molar-refractivity contribution in [2.24, 2.45) is 0 Å². The van der Waals surface area contributed by atoms with Gasteiger partial charge in [-0.3, -0.25) is 4.79 Å². The zero-order valence-electron chi connectivity index (χ0n) is 10.8. The number of Topliss-reactive ketones (excluding diaryl/α,β-unsaturated/α-hetero) is 1. The Balaban J connectivity index is 0.00000180. The third-order valence-electron chi connectivity index (χ3n) is 3.37. The van der Waals surface area contributed by atoms with Gasteiger partial charge in [0.1, 0.15) is 19.6 Å². The van der Waals surface area contributed by atoms with Gasteiger partial charge in [0.25, 0.3) is 0 Å². The Morgan fingerprint density at radius 3 is 2.47 bits per heavy atom. The van der Waals surface area contributed by atoms with Gasteiger partial charge < -0.3 is 31.8 Å². The van der Waals surface area contributed by atoms with Gasteiger partial charge >= 0.3 is 0 Å². The minimum atomic E-state index is -0.259. The van der Waals surface area contributed by atoms with Gasteiger partial charge in [-0.2, -0.15) is 0 Å². The Labute approximate surface area is 118 Å². The fourth-order valence-corrected chi connectivity index (χ4v) is 2.08. The quantitative estimate of drug-likeness (QED) is 0.375. The highest BCUT2D eigenvalue weighted by Crippen LogP contribution is 2.25. The third-order valence-corrected chi connectivity index (χ3v) is 3.37. The Morgan fingerprint density at radius 2 is 1.89 bits per heavy atom. The summed E-state index contributed by atoms with van der Waals surface area (Å²) in [6.45, 7) is 3.36. The maximum atomic E-state index is 12.1. The summed E-state index contributed by atoms with van der Waals surface area (Å²) in [4.78, 5) is 12.1. The normalized spacial score (nSPS) is 17.5. The molecule has 1 aliphatic rings. The number of phenols is 2. The van der Waals surface area contributed by atoms with E-state index in [0.717, 1.165) is 13.1 Å². The summed E-state index contributed by atoms with van der Waals surface area (Å²) < 4.78 is 5.94. The number of morpholine rings is 1. The number of likely N-dealkylation sites (N-methyl/N-ethyl adjacent to an activating group) is 1. The molecule has 0 unspecified atom stereocenters. The summed E-state index contributed by atoms with van der Waals surface area (Å²) in [6, 6.07) is 4.18. The predicted molar refractivity (Wildman–Crippen MR) is 65.7 cm³/mol. The van der Waals surface area contributed by atoms with Crippen molar-refractivity contribution in [2.45, 2.75) is 0 Å². The first-order valence-corrected chi connectivity index (χ1v) is 5.97. The van der Waals surface area contributed by atoms with E-state index in [0.29, 0.717) is 29.8 Å². The molecule has 2 N–H and O–H groups in total. The number of carbonyl (C=O) groups excluding carboxylic acids is 1. The molecule has 0 spiro atoms. The smallest absolute Gasteiger partial charge is 0.217 e. The number of hydrogen-bond donors (Lipinski definition) is 2. The number of phenolic OH excluding ortho intramolecular Hbond substituents is 2. The van der Waals surface area contributed by atoms with Crippen LogP contribution in [0.15, 0.2) is 18.2 Å². The molecule has 0 atom stereocenters. The van der Waals surface area contributed by atoms with Crippen molar-refractivity contribution >= 4 is 5.78 Å². The standard InChI is InChI=1S/C13H17NO4.ClH/c1-14(4-6-18-7-5-14)9-13(17)10-2-3-11(15)12(16)8-10;/h2-3,8H,4-7,9H2,1H3,(H-,15,16,17);1H. The molecule has 2 rings (SSSR count). The molecule has 106 valence electrons. The number of ether oxygens (including phenoxy) is 1. The molecule has 1 fully saturated rings. The van der Waals surface area contributed by atoms with Crippen LogP contribution in [0.3, 0.4) is 0 Å². The van der Waals surface area contributed by atoms with Crippen LogP contribution in [0.25, 0.3) is 0 Å². The van der Waals surface area contributed by atoms with Crippen molar-refractivity contribution in [2.75, 3.05) is 39.9 Å². The highest BCUT2D eigenvalue weighted by molar-refractivity contribution is 5.97. The van der Waals surface area contributed by atoms with E-state index in [2.05, 4.69) is 0 Å². The van der Waals surface area contributed by atoms with E-state index in [1.54, 1.807) is 0 Å². The first kappa shape index (κ1) is 15.8. The number of ketones is 1. The maximum absolute atomic E-state index is 12.1. The van der Waals surface area contributed by atoms with Crippen LogP contribution in [0.5, 0.6) is 11.5 Å². The summed E-state index contributed by atoms with van der Waals surface area (Å²) in [6.07, 6.45) is 0.